The van der Waals surface area contributed by atoms with Gasteiger partial charge in [-0.3, -0.25) is 0 Å². The van der Waals surface area contributed by atoms with Crippen LogP contribution >= 0.6 is 11.6 Å². The van der Waals surface area contributed by atoms with Gasteiger partial charge in [-0.25, -0.2) is 0 Å². The van der Waals surface area contributed by atoms with Crippen LogP contribution in [0.15, 0.2) is 24.8 Å². The van der Waals surface area contributed by atoms with Crippen LogP contribution in [0.5, 0.6) is 0 Å². The second-order valence-corrected chi connectivity index (χ2v) is 3.32. The molecule has 64 valence electrons. The number of alkyl halides is 1. The second kappa shape index (κ2) is 3.77. The molecule has 0 saturated carbocycles. The summed E-state index contributed by atoms with van der Waals surface area (Å²) in [7, 11) is 0. The van der Waals surface area contributed by atoms with Crippen LogP contribution in [0.2, 0.25) is 0 Å². The van der Waals surface area contributed by atoms with Gasteiger partial charge in [-0.05, 0) is 30.5 Å². The van der Waals surface area contributed by atoms with E-state index in [0.29, 0.717) is 5.88 Å². The summed E-state index contributed by atoms with van der Waals surface area (Å²) >= 11 is 5.71. The largest absolute Gasteiger partial charge is 0.122 e. The van der Waals surface area contributed by atoms with Gasteiger partial charge < -0.3 is 0 Å². The van der Waals surface area contributed by atoms with Crippen molar-refractivity contribution in [1.82, 2.24) is 0 Å². The first-order valence-electron chi connectivity index (χ1n) is 3.96. The van der Waals surface area contributed by atoms with Gasteiger partial charge in [-0.1, -0.05) is 30.3 Å². The molecular formula is C11H13Cl. The SMILES string of the molecule is C=C(CCl)c1cc(C)ccc1C. The highest BCUT2D eigenvalue weighted by atomic mass is 35.5. The number of benzene rings is 1. The van der Waals surface area contributed by atoms with Gasteiger partial charge in [-0.15, -0.1) is 11.6 Å². The molecule has 0 N–H and O–H groups in total. The molecule has 0 heterocycles. The minimum Gasteiger partial charge on any atom is -0.122 e. The Hall–Kier alpha value is -0.750. The van der Waals surface area contributed by atoms with Gasteiger partial charge in [0, 0.05) is 5.88 Å². The van der Waals surface area contributed by atoms with Crippen LogP contribution in [0.4, 0.5) is 0 Å². The topological polar surface area (TPSA) is 0 Å². The van der Waals surface area contributed by atoms with Gasteiger partial charge in [0.1, 0.15) is 0 Å². The molecule has 0 spiro atoms. The first-order chi connectivity index (χ1) is 5.65. The maximum Gasteiger partial charge on any atom is 0.0474 e. The van der Waals surface area contributed by atoms with E-state index in [1.807, 2.05) is 0 Å². The number of hydrogen-bond donors (Lipinski definition) is 0. The molecule has 1 aromatic carbocycles. The minimum absolute atomic E-state index is 0.504. The Morgan fingerprint density at radius 2 is 2.08 bits per heavy atom. The van der Waals surface area contributed by atoms with E-state index in [4.69, 9.17) is 11.6 Å². The van der Waals surface area contributed by atoms with Crippen molar-refractivity contribution in [2.45, 2.75) is 13.8 Å². The quantitative estimate of drug-likeness (QED) is 0.611. The number of allylic oxidation sites excluding steroid dienone is 1. The van der Waals surface area contributed by atoms with Crippen LogP contribution < -0.4 is 0 Å². The Bertz CT molecular complexity index is 300. The summed E-state index contributed by atoms with van der Waals surface area (Å²) in [5.74, 6) is 0.504. The van der Waals surface area contributed by atoms with Crippen LogP contribution in [0, 0.1) is 13.8 Å². The molecule has 0 unspecified atom stereocenters. The van der Waals surface area contributed by atoms with Crippen molar-refractivity contribution < 1.29 is 0 Å². The Kier molecular flexibility index (Phi) is 2.93. The monoisotopic (exact) mass is 180 g/mol. The Morgan fingerprint density at radius 3 is 2.67 bits per heavy atom. The summed E-state index contributed by atoms with van der Waals surface area (Å²) < 4.78 is 0. The average molecular weight is 181 g/mol. The van der Waals surface area contributed by atoms with Crippen LogP contribution in [0.3, 0.4) is 0 Å². The van der Waals surface area contributed by atoms with Crippen LogP contribution in [-0.2, 0) is 0 Å². The Labute approximate surface area is 78.9 Å². The number of aryl methyl sites for hydroxylation is 2. The van der Waals surface area contributed by atoms with E-state index in [9.17, 15) is 0 Å². The second-order valence-electron chi connectivity index (χ2n) is 3.06. The van der Waals surface area contributed by atoms with Gasteiger partial charge in [0.25, 0.3) is 0 Å². The zero-order valence-electron chi connectivity index (χ0n) is 7.52. The van der Waals surface area contributed by atoms with Crippen molar-refractivity contribution in [2.24, 2.45) is 0 Å². The molecule has 0 aromatic heterocycles. The molecule has 0 radical (unpaired) electrons. The lowest BCUT2D eigenvalue weighted by Gasteiger charge is -2.06. The zero-order valence-corrected chi connectivity index (χ0v) is 8.28. The number of hydrogen-bond acceptors (Lipinski definition) is 0. The molecule has 0 fully saturated rings. The van der Waals surface area contributed by atoms with Gasteiger partial charge >= 0.3 is 0 Å². The third kappa shape index (κ3) is 1.89. The third-order valence-electron chi connectivity index (χ3n) is 1.94. The van der Waals surface area contributed by atoms with E-state index in [1.165, 1.54) is 16.7 Å². The van der Waals surface area contributed by atoms with Crippen molar-refractivity contribution in [3.63, 3.8) is 0 Å². The maximum atomic E-state index is 5.71. The molecule has 0 saturated heterocycles. The molecule has 0 aliphatic heterocycles. The molecule has 0 amide bonds. The summed E-state index contributed by atoms with van der Waals surface area (Å²) in [6, 6.07) is 6.32. The predicted molar refractivity (Wildman–Crippen MR) is 55.7 cm³/mol. The third-order valence-corrected chi connectivity index (χ3v) is 2.26. The summed E-state index contributed by atoms with van der Waals surface area (Å²) in [6.45, 7) is 8.06. The van der Waals surface area contributed by atoms with Gasteiger partial charge in [0.2, 0.25) is 0 Å². The molecule has 1 aromatic rings. The molecule has 0 nitrogen and oxygen atoms in total. The first-order valence-corrected chi connectivity index (χ1v) is 4.50. The van der Waals surface area contributed by atoms with E-state index >= 15 is 0 Å². The van der Waals surface area contributed by atoms with Gasteiger partial charge in [0.05, 0.1) is 0 Å². The Morgan fingerprint density at radius 1 is 1.42 bits per heavy atom. The molecule has 1 heteroatoms. The summed E-state index contributed by atoms with van der Waals surface area (Å²) in [6.07, 6.45) is 0. The van der Waals surface area contributed by atoms with Crippen LogP contribution in [-0.4, -0.2) is 5.88 Å². The molecular weight excluding hydrogens is 168 g/mol. The molecule has 12 heavy (non-hydrogen) atoms. The van der Waals surface area contributed by atoms with E-state index < -0.39 is 0 Å². The summed E-state index contributed by atoms with van der Waals surface area (Å²) in [5, 5.41) is 0. The fraction of sp³-hybridized carbons (Fsp3) is 0.273. The standard InChI is InChI=1S/C11H13Cl/c1-8-4-5-9(2)11(6-8)10(3)7-12/h4-6H,3,7H2,1-2H3. The van der Waals surface area contributed by atoms with E-state index in [1.54, 1.807) is 0 Å². The summed E-state index contributed by atoms with van der Waals surface area (Å²) in [5.41, 5.74) is 4.68. The van der Waals surface area contributed by atoms with Gasteiger partial charge in [0.15, 0.2) is 0 Å². The van der Waals surface area contributed by atoms with E-state index in [-0.39, 0.29) is 0 Å². The Balaban J connectivity index is 3.13. The average Bonchev–Trinajstić information content (AvgIpc) is 2.08. The van der Waals surface area contributed by atoms with E-state index in [2.05, 4.69) is 38.6 Å². The highest BCUT2D eigenvalue weighted by Crippen LogP contribution is 2.19. The summed E-state index contributed by atoms with van der Waals surface area (Å²) in [4.78, 5) is 0. The highest BCUT2D eigenvalue weighted by Gasteiger charge is 2.01. The smallest absolute Gasteiger partial charge is 0.0474 e. The molecule has 0 atom stereocenters. The van der Waals surface area contributed by atoms with Crippen molar-refractivity contribution in [3.05, 3.63) is 41.5 Å². The molecule has 1 rings (SSSR count). The van der Waals surface area contributed by atoms with Crippen molar-refractivity contribution >= 4 is 17.2 Å². The first kappa shape index (κ1) is 9.34. The maximum absolute atomic E-state index is 5.71. The molecule has 0 aliphatic carbocycles. The lowest BCUT2D eigenvalue weighted by Crippen LogP contribution is -1.89. The normalized spacial score (nSPS) is 9.92. The van der Waals surface area contributed by atoms with Gasteiger partial charge in [-0.2, -0.15) is 0 Å². The fourth-order valence-electron chi connectivity index (χ4n) is 1.19. The highest BCUT2D eigenvalue weighted by molar-refractivity contribution is 6.23. The molecule has 0 bridgehead atoms. The lowest BCUT2D eigenvalue weighted by molar-refractivity contribution is 1.36. The van der Waals surface area contributed by atoms with Crippen LogP contribution in [0.25, 0.3) is 5.57 Å². The minimum atomic E-state index is 0.504. The van der Waals surface area contributed by atoms with E-state index in [0.717, 1.165) is 5.57 Å². The van der Waals surface area contributed by atoms with Crippen LogP contribution in [0.1, 0.15) is 16.7 Å². The van der Waals surface area contributed by atoms with Crippen molar-refractivity contribution in [3.8, 4) is 0 Å². The van der Waals surface area contributed by atoms with Crippen molar-refractivity contribution in [1.29, 1.82) is 0 Å². The predicted octanol–water partition coefficient (Wildman–Crippen LogP) is 3.56. The van der Waals surface area contributed by atoms with Crippen molar-refractivity contribution in [2.75, 3.05) is 5.88 Å². The number of rotatable bonds is 2. The lowest BCUT2D eigenvalue weighted by atomic mass is 10.0. The molecule has 0 aliphatic rings. The number of halogens is 1. The zero-order chi connectivity index (χ0) is 9.14. The fourth-order valence-corrected chi connectivity index (χ4v) is 1.33.